The molecule has 0 unspecified atom stereocenters. The van der Waals surface area contributed by atoms with Gasteiger partial charge in [0.2, 0.25) is 0 Å². The average molecular weight is 210 g/mol. The highest BCUT2D eigenvalue weighted by Gasteiger charge is 2.21. The fraction of sp³-hybridized carbons (Fsp3) is 0.333. The molecule has 1 N–H and O–H groups in total. The largest absolute Gasteiger partial charge is 0.462 e. The highest BCUT2D eigenvalue weighted by atomic mass is 32.1. The fourth-order valence-corrected chi connectivity index (χ4v) is 1.88. The van der Waals surface area contributed by atoms with Gasteiger partial charge < -0.3 is 10.1 Å². The number of carbonyl (C=O) groups excluding carboxylic acids is 1. The van der Waals surface area contributed by atoms with Gasteiger partial charge in [-0.3, -0.25) is 0 Å². The van der Waals surface area contributed by atoms with Gasteiger partial charge in [-0.25, -0.2) is 9.78 Å². The number of nitrogens with one attached hydrogen (secondary N) is 1. The number of nitrogens with zero attached hydrogens (tertiary/aromatic N) is 1. The topological polar surface area (TPSA) is 51.2 Å². The summed E-state index contributed by atoms with van der Waals surface area (Å²) in [5.41, 5.74) is 1.56. The van der Waals surface area contributed by atoms with Gasteiger partial charge in [-0.2, -0.15) is 0 Å². The third-order valence-electron chi connectivity index (χ3n) is 2.01. The first-order valence-electron chi connectivity index (χ1n) is 4.31. The highest BCUT2D eigenvalue weighted by molar-refractivity contribution is 7.13. The van der Waals surface area contributed by atoms with Gasteiger partial charge >= 0.3 is 5.97 Å². The molecule has 1 aromatic heterocycles. The zero-order chi connectivity index (χ0) is 9.97. The minimum atomic E-state index is -0.216. The van der Waals surface area contributed by atoms with Gasteiger partial charge in [0.1, 0.15) is 0 Å². The Morgan fingerprint density at radius 3 is 3.14 bits per heavy atom. The molecule has 1 fully saturated rings. The Kier molecular flexibility index (Phi) is 2.49. The van der Waals surface area contributed by atoms with E-state index in [0.29, 0.717) is 13.0 Å². The molecule has 0 radical (unpaired) electrons. The summed E-state index contributed by atoms with van der Waals surface area (Å²) in [4.78, 5) is 15.3. The van der Waals surface area contributed by atoms with Crippen LogP contribution < -0.4 is 5.32 Å². The summed E-state index contributed by atoms with van der Waals surface area (Å²) in [7, 11) is 0. The SMILES string of the molecule is C/C(Nc1nccs1)=C1/CCOC1=O. The maximum Gasteiger partial charge on any atom is 0.335 e. The molecule has 0 aliphatic carbocycles. The Hall–Kier alpha value is -1.36. The number of cyclic esters (lactones) is 1. The van der Waals surface area contributed by atoms with Gasteiger partial charge in [0.05, 0.1) is 12.2 Å². The Balaban J connectivity index is 2.15. The van der Waals surface area contributed by atoms with E-state index in [9.17, 15) is 4.79 Å². The first-order valence-corrected chi connectivity index (χ1v) is 5.19. The van der Waals surface area contributed by atoms with Gasteiger partial charge in [0.25, 0.3) is 0 Å². The normalized spacial score (nSPS) is 19.4. The third-order valence-corrected chi connectivity index (χ3v) is 2.70. The molecule has 14 heavy (non-hydrogen) atoms. The molecule has 0 atom stereocenters. The molecule has 74 valence electrons. The van der Waals surface area contributed by atoms with Crippen molar-refractivity contribution in [2.24, 2.45) is 0 Å². The summed E-state index contributed by atoms with van der Waals surface area (Å²) in [6.45, 7) is 2.36. The van der Waals surface area contributed by atoms with Crippen molar-refractivity contribution in [3.05, 3.63) is 22.8 Å². The van der Waals surface area contributed by atoms with Crippen LogP contribution in [0.4, 0.5) is 5.13 Å². The number of aromatic nitrogens is 1. The molecule has 2 rings (SSSR count). The lowest BCUT2D eigenvalue weighted by Gasteiger charge is -2.03. The van der Waals surface area contributed by atoms with Crippen molar-refractivity contribution in [3.8, 4) is 0 Å². The van der Waals surface area contributed by atoms with E-state index in [0.717, 1.165) is 16.4 Å². The third kappa shape index (κ3) is 1.77. The van der Waals surface area contributed by atoms with Crippen LogP contribution in [-0.2, 0) is 9.53 Å². The van der Waals surface area contributed by atoms with Gasteiger partial charge in [-0.15, -0.1) is 11.3 Å². The van der Waals surface area contributed by atoms with Crippen LogP contribution in [0.2, 0.25) is 0 Å². The van der Waals surface area contributed by atoms with Crippen LogP contribution >= 0.6 is 11.3 Å². The van der Waals surface area contributed by atoms with Gasteiger partial charge in [0, 0.05) is 23.7 Å². The minimum Gasteiger partial charge on any atom is -0.462 e. The summed E-state index contributed by atoms with van der Waals surface area (Å²) in [6.07, 6.45) is 2.40. The van der Waals surface area contributed by atoms with Crippen molar-refractivity contribution < 1.29 is 9.53 Å². The number of hydrogen-bond acceptors (Lipinski definition) is 5. The van der Waals surface area contributed by atoms with Crippen LogP contribution in [0.15, 0.2) is 22.8 Å². The van der Waals surface area contributed by atoms with E-state index in [2.05, 4.69) is 10.3 Å². The molecule has 0 bridgehead atoms. The number of hydrogen-bond donors (Lipinski definition) is 1. The molecule has 4 nitrogen and oxygen atoms in total. The number of anilines is 1. The second-order valence-corrected chi connectivity index (χ2v) is 3.85. The first-order chi connectivity index (χ1) is 6.77. The van der Waals surface area contributed by atoms with E-state index in [1.165, 1.54) is 11.3 Å². The zero-order valence-corrected chi connectivity index (χ0v) is 8.56. The number of carbonyl (C=O) groups is 1. The van der Waals surface area contributed by atoms with E-state index >= 15 is 0 Å². The van der Waals surface area contributed by atoms with Crippen molar-refractivity contribution in [1.29, 1.82) is 0 Å². The highest BCUT2D eigenvalue weighted by Crippen LogP contribution is 2.20. The number of thiazole rings is 1. The quantitative estimate of drug-likeness (QED) is 0.597. The summed E-state index contributed by atoms with van der Waals surface area (Å²) >= 11 is 1.50. The Labute approximate surface area is 85.6 Å². The number of allylic oxidation sites excluding steroid dienone is 1. The molecule has 5 heteroatoms. The lowest BCUT2D eigenvalue weighted by atomic mass is 10.2. The van der Waals surface area contributed by atoms with Crippen LogP contribution in [0.1, 0.15) is 13.3 Å². The molecule has 1 aromatic rings. The molecule has 2 heterocycles. The molecular weight excluding hydrogens is 200 g/mol. The standard InChI is InChI=1S/C9H10N2O2S/c1-6(7-2-4-13-8(7)12)11-9-10-3-5-14-9/h3,5H,2,4H2,1H3,(H,10,11)/b7-6+. The van der Waals surface area contributed by atoms with Crippen molar-refractivity contribution in [2.45, 2.75) is 13.3 Å². The summed E-state index contributed by atoms with van der Waals surface area (Å²) in [5.74, 6) is -0.216. The first kappa shape index (κ1) is 9.21. The second-order valence-electron chi connectivity index (χ2n) is 2.95. The molecule has 0 aromatic carbocycles. The van der Waals surface area contributed by atoms with Crippen molar-refractivity contribution in [1.82, 2.24) is 4.98 Å². The van der Waals surface area contributed by atoms with Crippen molar-refractivity contribution >= 4 is 22.4 Å². The van der Waals surface area contributed by atoms with Crippen LogP contribution in [-0.4, -0.2) is 17.6 Å². The number of ether oxygens (including phenoxy) is 1. The average Bonchev–Trinajstić information content (AvgIpc) is 2.75. The predicted molar refractivity (Wildman–Crippen MR) is 54.0 cm³/mol. The smallest absolute Gasteiger partial charge is 0.335 e. The lowest BCUT2D eigenvalue weighted by Crippen LogP contribution is -2.04. The Morgan fingerprint density at radius 1 is 1.71 bits per heavy atom. The summed E-state index contributed by atoms with van der Waals surface area (Å²) in [5, 5.41) is 5.76. The maximum absolute atomic E-state index is 11.2. The zero-order valence-electron chi connectivity index (χ0n) is 7.74. The van der Waals surface area contributed by atoms with E-state index in [-0.39, 0.29) is 5.97 Å². The molecule has 1 aliphatic heterocycles. The van der Waals surface area contributed by atoms with E-state index in [1.807, 2.05) is 12.3 Å². The van der Waals surface area contributed by atoms with Crippen molar-refractivity contribution in [3.63, 3.8) is 0 Å². The van der Waals surface area contributed by atoms with Gasteiger partial charge in [0.15, 0.2) is 5.13 Å². The molecule has 0 amide bonds. The molecule has 0 saturated carbocycles. The summed E-state index contributed by atoms with van der Waals surface area (Å²) < 4.78 is 4.85. The van der Waals surface area contributed by atoms with E-state index < -0.39 is 0 Å². The monoisotopic (exact) mass is 210 g/mol. The minimum absolute atomic E-state index is 0.216. The second kappa shape index (κ2) is 3.79. The Bertz CT molecular complexity index is 370. The molecule has 1 aliphatic rings. The Morgan fingerprint density at radius 2 is 2.57 bits per heavy atom. The van der Waals surface area contributed by atoms with E-state index in [4.69, 9.17) is 4.74 Å². The fourth-order valence-electron chi connectivity index (χ4n) is 1.30. The number of esters is 1. The predicted octanol–water partition coefficient (Wildman–Crippen LogP) is 1.78. The lowest BCUT2D eigenvalue weighted by molar-refractivity contribution is -0.135. The molecule has 0 spiro atoms. The van der Waals surface area contributed by atoms with Crippen LogP contribution in [0.3, 0.4) is 0 Å². The van der Waals surface area contributed by atoms with Crippen LogP contribution in [0, 0.1) is 0 Å². The summed E-state index contributed by atoms with van der Waals surface area (Å²) in [6, 6.07) is 0. The maximum atomic E-state index is 11.2. The molecular formula is C9H10N2O2S. The van der Waals surface area contributed by atoms with Crippen LogP contribution in [0.5, 0.6) is 0 Å². The number of rotatable bonds is 2. The van der Waals surface area contributed by atoms with Gasteiger partial charge in [-0.1, -0.05) is 0 Å². The van der Waals surface area contributed by atoms with Gasteiger partial charge in [-0.05, 0) is 6.92 Å². The van der Waals surface area contributed by atoms with Crippen LogP contribution in [0.25, 0.3) is 0 Å². The van der Waals surface area contributed by atoms with Crippen molar-refractivity contribution in [2.75, 3.05) is 11.9 Å². The molecule has 1 saturated heterocycles. The van der Waals surface area contributed by atoms with E-state index in [1.54, 1.807) is 6.20 Å².